The van der Waals surface area contributed by atoms with Crippen LogP contribution >= 0.6 is 11.6 Å². The van der Waals surface area contributed by atoms with Gasteiger partial charge in [0.25, 0.3) is 0 Å². The fourth-order valence-electron chi connectivity index (χ4n) is 1.53. The Balaban J connectivity index is 2.60. The zero-order chi connectivity index (χ0) is 10.8. The normalized spacial score (nSPS) is 10.6. The number of hydrogen-bond acceptors (Lipinski definition) is 2. The molecule has 0 saturated carbocycles. The summed E-state index contributed by atoms with van der Waals surface area (Å²) in [5, 5.41) is 0. The molecule has 0 radical (unpaired) electrons. The molecule has 4 heteroatoms. The van der Waals surface area contributed by atoms with Gasteiger partial charge in [0, 0.05) is 29.8 Å². The molecule has 0 amide bonds. The lowest BCUT2D eigenvalue weighted by Crippen LogP contribution is -2.01. The predicted octanol–water partition coefficient (Wildman–Crippen LogP) is 2.62. The SMILES string of the molecule is Cc1cc(-n2ccnc2C)c(CCl)cn1. The van der Waals surface area contributed by atoms with Gasteiger partial charge >= 0.3 is 0 Å². The second kappa shape index (κ2) is 4.03. The van der Waals surface area contributed by atoms with Gasteiger partial charge in [0.05, 0.1) is 11.6 Å². The van der Waals surface area contributed by atoms with Gasteiger partial charge < -0.3 is 4.57 Å². The van der Waals surface area contributed by atoms with Gasteiger partial charge in [-0.15, -0.1) is 11.6 Å². The number of pyridine rings is 1. The monoisotopic (exact) mass is 221 g/mol. The van der Waals surface area contributed by atoms with Crippen molar-refractivity contribution >= 4 is 11.6 Å². The summed E-state index contributed by atoms with van der Waals surface area (Å²) in [6.07, 6.45) is 5.53. The zero-order valence-corrected chi connectivity index (χ0v) is 9.49. The average Bonchev–Trinajstić information content (AvgIpc) is 2.64. The maximum atomic E-state index is 5.88. The maximum absolute atomic E-state index is 5.88. The maximum Gasteiger partial charge on any atom is 0.110 e. The van der Waals surface area contributed by atoms with E-state index in [1.807, 2.05) is 36.9 Å². The number of alkyl halides is 1. The van der Waals surface area contributed by atoms with Crippen LogP contribution in [-0.2, 0) is 5.88 Å². The lowest BCUT2D eigenvalue weighted by atomic mass is 10.2. The Morgan fingerprint density at radius 3 is 2.73 bits per heavy atom. The van der Waals surface area contributed by atoms with Crippen molar-refractivity contribution < 1.29 is 0 Å². The number of nitrogens with zero attached hydrogens (tertiary/aromatic N) is 3. The van der Waals surface area contributed by atoms with Crippen molar-refractivity contribution in [3.8, 4) is 5.69 Å². The summed E-state index contributed by atoms with van der Waals surface area (Å²) >= 11 is 5.88. The molecule has 0 bridgehead atoms. The first-order chi connectivity index (χ1) is 7.22. The predicted molar refractivity (Wildman–Crippen MR) is 60.4 cm³/mol. The van der Waals surface area contributed by atoms with E-state index in [1.165, 1.54) is 0 Å². The Hall–Kier alpha value is -1.35. The molecule has 2 aromatic heterocycles. The Labute approximate surface area is 93.7 Å². The highest BCUT2D eigenvalue weighted by molar-refractivity contribution is 6.17. The van der Waals surface area contributed by atoms with Crippen LogP contribution in [0.5, 0.6) is 0 Å². The van der Waals surface area contributed by atoms with Crippen molar-refractivity contribution in [1.29, 1.82) is 0 Å². The van der Waals surface area contributed by atoms with Gasteiger partial charge in [-0.05, 0) is 19.9 Å². The third-order valence-electron chi connectivity index (χ3n) is 2.33. The average molecular weight is 222 g/mol. The zero-order valence-electron chi connectivity index (χ0n) is 8.74. The Morgan fingerprint density at radius 1 is 1.33 bits per heavy atom. The fourth-order valence-corrected chi connectivity index (χ4v) is 1.74. The van der Waals surface area contributed by atoms with Gasteiger partial charge in [-0.2, -0.15) is 0 Å². The Bertz CT molecular complexity index is 476. The molecule has 0 spiro atoms. The van der Waals surface area contributed by atoms with E-state index in [0.29, 0.717) is 5.88 Å². The van der Waals surface area contributed by atoms with E-state index in [1.54, 1.807) is 6.20 Å². The number of rotatable bonds is 2. The summed E-state index contributed by atoms with van der Waals surface area (Å²) in [6, 6.07) is 2.02. The van der Waals surface area contributed by atoms with Crippen LogP contribution in [-0.4, -0.2) is 14.5 Å². The van der Waals surface area contributed by atoms with Gasteiger partial charge in [-0.3, -0.25) is 4.98 Å². The number of halogens is 1. The molecule has 0 aliphatic carbocycles. The minimum Gasteiger partial charge on any atom is -0.304 e. The lowest BCUT2D eigenvalue weighted by Gasteiger charge is -2.10. The van der Waals surface area contributed by atoms with Gasteiger partial charge in [-0.25, -0.2) is 4.98 Å². The van der Waals surface area contributed by atoms with Crippen molar-refractivity contribution in [3.05, 3.63) is 41.7 Å². The van der Waals surface area contributed by atoms with Crippen LogP contribution in [0.25, 0.3) is 5.69 Å². The molecule has 0 aliphatic heterocycles. The number of aryl methyl sites for hydroxylation is 2. The quantitative estimate of drug-likeness (QED) is 0.730. The summed E-state index contributed by atoms with van der Waals surface area (Å²) in [7, 11) is 0. The molecule has 15 heavy (non-hydrogen) atoms. The molecule has 2 heterocycles. The summed E-state index contributed by atoms with van der Waals surface area (Å²) in [4.78, 5) is 8.43. The number of hydrogen-bond donors (Lipinski definition) is 0. The van der Waals surface area contributed by atoms with Gasteiger partial charge in [0.15, 0.2) is 0 Å². The topological polar surface area (TPSA) is 30.7 Å². The van der Waals surface area contributed by atoms with Gasteiger partial charge in [-0.1, -0.05) is 0 Å². The van der Waals surface area contributed by atoms with E-state index in [9.17, 15) is 0 Å². The first-order valence-corrected chi connectivity index (χ1v) is 5.27. The third-order valence-corrected chi connectivity index (χ3v) is 2.62. The van der Waals surface area contributed by atoms with E-state index in [4.69, 9.17) is 11.6 Å². The minimum absolute atomic E-state index is 0.459. The summed E-state index contributed by atoms with van der Waals surface area (Å²) in [6.45, 7) is 3.93. The molecular formula is C11H12ClN3. The smallest absolute Gasteiger partial charge is 0.110 e. The van der Waals surface area contributed by atoms with Crippen molar-refractivity contribution in [3.63, 3.8) is 0 Å². The molecule has 2 rings (SSSR count). The molecule has 0 saturated heterocycles. The molecule has 2 aromatic rings. The highest BCUT2D eigenvalue weighted by Crippen LogP contribution is 2.18. The van der Waals surface area contributed by atoms with E-state index < -0.39 is 0 Å². The first kappa shape index (κ1) is 10.2. The first-order valence-electron chi connectivity index (χ1n) is 4.74. The molecule has 0 unspecified atom stereocenters. The second-order valence-corrected chi connectivity index (χ2v) is 3.70. The van der Waals surface area contributed by atoms with Crippen LogP contribution in [0.2, 0.25) is 0 Å². The molecule has 0 aliphatic rings. The highest BCUT2D eigenvalue weighted by atomic mass is 35.5. The highest BCUT2D eigenvalue weighted by Gasteiger charge is 2.06. The van der Waals surface area contributed by atoms with Crippen LogP contribution in [0.1, 0.15) is 17.1 Å². The largest absolute Gasteiger partial charge is 0.304 e. The van der Waals surface area contributed by atoms with Crippen LogP contribution in [0.15, 0.2) is 24.7 Å². The fraction of sp³-hybridized carbons (Fsp3) is 0.273. The van der Waals surface area contributed by atoms with E-state index >= 15 is 0 Å². The number of imidazole rings is 1. The van der Waals surface area contributed by atoms with Crippen LogP contribution in [0.4, 0.5) is 0 Å². The summed E-state index contributed by atoms with van der Waals surface area (Å²) < 4.78 is 2.02. The van der Waals surface area contributed by atoms with Gasteiger partial charge in [0.1, 0.15) is 5.82 Å². The van der Waals surface area contributed by atoms with Gasteiger partial charge in [0.2, 0.25) is 0 Å². The lowest BCUT2D eigenvalue weighted by molar-refractivity contribution is 0.948. The third kappa shape index (κ3) is 1.88. The van der Waals surface area contributed by atoms with Crippen LogP contribution in [0.3, 0.4) is 0 Å². The van der Waals surface area contributed by atoms with Crippen molar-refractivity contribution in [2.24, 2.45) is 0 Å². The van der Waals surface area contributed by atoms with Crippen LogP contribution < -0.4 is 0 Å². The van der Waals surface area contributed by atoms with Crippen molar-refractivity contribution in [1.82, 2.24) is 14.5 Å². The summed E-state index contributed by atoms with van der Waals surface area (Å²) in [5.41, 5.74) is 3.06. The molecule has 0 fully saturated rings. The molecule has 0 atom stereocenters. The van der Waals surface area contributed by atoms with Crippen molar-refractivity contribution in [2.45, 2.75) is 19.7 Å². The molecule has 0 N–H and O–H groups in total. The molecule has 3 nitrogen and oxygen atoms in total. The summed E-state index contributed by atoms with van der Waals surface area (Å²) in [5.74, 6) is 1.41. The molecular weight excluding hydrogens is 210 g/mol. The van der Waals surface area contributed by atoms with E-state index in [0.717, 1.165) is 22.8 Å². The van der Waals surface area contributed by atoms with Crippen LogP contribution in [0, 0.1) is 13.8 Å². The second-order valence-electron chi connectivity index (χ2n) is 3.43. The Kier molecular flexibility index (Phi) is 2.73. The molecule has 0 aromatic carbocycles. The van der Waals surface area contributed by atoms with E-state index in [-0.39, 0.29) is 0 Å². The standard InChI is InChI=1S/C11H12ClN3/c1-8-5-11(10(6-12)7-14-8)15-4-3-13-9(15)2/h3-5,7H,6H2,1-2H3. The minimum atomic E-state index is 0.459. The Morgan fingerprint density at radius 2 is 2.13 bits per heavy atom. The van der Waals surface area contributed by atoms with E-state index in [2.05, 4.69) is 9.97 Å². The number of aromatic nitrogens is 3. The van der Waals surface area contributed by atoms with Crippen molar-refractivity contribution in [2.75, 3.05) is 0 Å². The molecule has 78 valence electrons.